The molecule has 0 spiro atoms. The first-order chi connectivity index (χ1) is 16.7. The van der Waals surface area contributed by atoms with Gasteiger partial charge in [-0.25, -0.2) is 14.4 Å². The molecule has 2 saturated heterocycles. The summed E-state index contributed by atoms with van der Waals surface area (Å²) in [5.41, 5.74) is 2.75. The average molecular weight is 460 g/mol. The molecule has 0 atom stereocenters. The van der Waals surface area contributed by atoms with Gasteiger partial charge in [-0.1, -0.05) is 24.6 Å². The van der Waals surface area contributed by atoms with E-state index in [-0.39, 0.29) is 11.7 Å². The SMILES string of the molecule is O=C(c1cccc(Nc2cc(-c3cccc(F)c3)ncn2)c1)N1CCC(N2CCCCC2)CC1. The molecule has 3 heterocycles. The molecule has 1 aromatic heterocycles. The molecular formula is C27H30FN5O. The molecule has 3 aromatic rings. The Bertz CT molecular complexity index is 1140. The minimum Gasteiger partial charge on any atom is -0.340 e. The van der Waals surface area contributed by atoms with Crippen molar-refractivity contribution in [1.29, 1.82) is 0 Å². The molecule has 6 nitrogen and oxygen atoms in total. The van der Waals surface area contributed by atoms with Crippen molar-refractivity contribution in [3.63, 3.8) is 0 Å². The standard InChI is InChI=1S/C27H30FN5O/c28-22-8-4-6-20(16-22)25-18-26(30-19-29-25)31-23-9-5-7-21(17-23)27(34)33-14-10-24(11-15-33)32-12-2-1-3-13-32/h4-9,16-19,24H,1-3,10-15H2,(H,29,30,31). The Hall–Kier alpha value is -3.32. The third-order valence-corrected chi connectivity index (χ3v) is 6.83. The molecule has 7 heteroatoms. The van der Waals surface area contributed by atoms with Crippen LogP contribution in [0, 0.1) is 5.82 Å². The van der Waals surface area contributed by atoms with Gasteiger partial charge < -0.3 is 15.1 Å². The number of halogens is 1. The van der Waals surface area contributed by atoms with Gasteiger partial charge >= 0.3 is 0 Å². The number of nitrogens with one attached hydrogen (secondary N) is 1. The first kappa shape index (κ1) is 22.5. The van der Waals surface area contributed by atoms with Gasteiger partial charge in [0.2, 0.25) is 0 Å². The Labute approximate surface area is 199 Å². The Kier molecular flexibility index (Phi) is 6.81. The summed E-state index contributed by atoms with van der Waals surface area (Å²) in [4.78, 5) is 26.3. The molecule has 0 aliphatic carbocycles. The number of likely N-dealkylation sites (tertiary alicyclic amines) is 2. The van der Waals surface area contributed by atoms with Gasteiger partial charge in [0.15, 0.2) is 0 Å². The summed E-state index contributed by atoms with van der Waals surface area (Å²) in [5, 5.41) is 3.25. The summed E-state index contributed by atoms with van der Waals surface area (Å²) in [6.45, 7) is 4.02. The lowest BCUT2D eigenvalue weighted by atomic mass is 9.99. The number of hydrogen-bond acceptors (Lipinski definition) is 5. The maximum absolute atomic E-state index is 13.6. The van der Waals surface area contributed by atoms with Crippen molar-refractivity contribution in [3.8, 4) is 11.3 Å². The van der Waals surface area contributed by atoms with Gasteiger partial charge in [-0.2, -0.15) is 0 Å². The fraction of sp³-hybridized carbons (Fsp3) is 0.370. The van der Waals surface area contributed by atoms with Gasteiger partial charge in [0.1, 0.15) is 18.0 Å². The number of aromatic nitrogens is 2. The quantitative estimate of drug-likeness (QED) is 0.574. The van der Waals surface area contributed by atoms with E-state index >= 15 is 0 Å². The van der Waals surface area contributed by atoms with Crippen molar-refractivity contribution in [2.45, 2.75) is 38.1 Å². The second-order valence-electron chi connectivity index (χ2n) is 9.12. The zero-order valence-electron chi connectivity index (χ0n) is 19.3. The highest BCUT2D eigenvalue weighted by Gasteiger charge is 2.28. The van der Waals surface area contributed by atoms with Crippen LogP contribution >= 0.6 is 0 Å². The number of piperidine rings is 2. The highest BCUT2D eigenvalue weighted by Crippen LogP contribution is 2.24. The van der Waals surface area contributed by atoms with E-state index in [4.69, 9.17) is 0 Å². The van der Waals surface area contributed by atoms with Crippen molar-refractivity contribution in [2.24, 2.45) is 0 Å². The Morgan fingerprint density at radius 2 is 1.71 bits per heavy atom. The lowest BCUT2D eigenvalue weighted by molar-refractivity contribution is 0.0590. The predicted molar refractivity (Wildman–Crippen MR) is 132 cm³/mol. The minimum atomic E-state index is -0.309. The normalized spacial score (nSPS) is 17.5. The van der Waals surface area contributed by atoms with E-state index in [2.05, 4.69) is 20.2 Å². The van der Waals surface area contributed by atoms with Gasteiger partial charge in [-0.15, -0.1) is 0 Å². The molecule has 2 aromatic carbocycles. The van der Waals surface area contributed by atoms with Gasteiger partial charge in [-0.05, 0) is 69.1 Å². The summed E-state index contributed by atoms with van der Waals surface area (Å²) in [7, 11) is 0. The molecule has 176 valence electrons. The van der Waals surface area contributed by atoms with Gasteiger partial charge in [0.25, 0.3) is 5.91 Å². The summed E-state index contributed by atoms with van der Waals surface area (Å²) >= 11 is 0. The zero-order valence-corrected chi connectivity index (χ0v) is 19.3. The summed E-state index contributed by atoms with van der Waals surface area (Å²) in [5.74, 6) is 0.349. The van der Waals surface area contributed by atoms with Crippen LogP contribution in [0.25, 0.3) is 11.3 Å². The van der Waals surface area contributed by atoms with E-state index in [1.807, 2.05) is 35.2 Å². The smallest absolute Gasteiger partial charge is 0.253 e. The topological polar surface area (TPSA) is 61.4 Å². The third-order valence-electron chi connectivity index (χ3n) is 6.83. The molecule has 2 fully saturated rings. The molecule has 1 N–H and O–H groups in total. The first-order valence-corrected chi connectivity index (χ1v) is 12.1. The highest BCUT2D eigenvalue weighted by molar-refractivity contribution is 5.95. The Balaban J connectivity index is 1.23. The molecule has 2 aliphatic heterocycles. The van der Waals surface area contributed by atoms with Crippen LogP contribution in [-0.2, 0) is 0 Å². The van der Waals surface area contributed by atoms with Crippen LogP contribution in [0.3, 0.4) is 0 Å². The van der Waals surface area contributed by atoms with E-state index in [9.17, 15) is 9.18 Å². The van der Waals surface area contributed by atoms with Gasteiger partial charge in [-0.3, -0.25) is 4.79 Å². The lowest BCUT2D eigenvalue weighted by Gasteiger charge is -2.40. The number of nitrogens with zero attached hydrogens (tertiary/aromatic N) is 4. The molecule has 0 saturated carbocycles. The molecule has 2 aliphatic rings. The lowest BCUT2D eigenvalue weighted by Crippen LogP contribution is -2.48. The largest absolute Gasteiger partial charge is 0.340 e. The van der Waals surface area contributed by atoms with Crippen molar-refractivity contribution in [1.82, 2.24) is 19.8 Å². The average Bonchev–Trinajstić information content (AvgIpc) is 2.89. The fourth-order valence-corrected chi connectivity index (χ4v) is 5.01. The van der Waals surface area contributed by atoms with Gasteiger partial charge in [0.05, 0.1) is 5.69 Å². The molecule has 34 heavy (non-hydrogen) atoms. The van der Waals surface area contributed by atoms with E-state index in [0.29, 0.717) is 28.7 Å². The van der Waals surface area contributed by atoms with E-state index in [1.54, 1.807) is 12.1 Å². The van der Waals surface area contributed by atoms with Crippen LogP contribution in [0.2, 0.25) is 0 Å². The van der Waals surface area contributed by atoms with Crippen molar-refractivity contribution < 1.29 is 9.18 Å². The number of carbonyl (C=O) groups excluding carboxylic acids is 1. The number of benzene rings is 2. The highest BCUT2D eigenvalue weighted by atomic mass is 19.1. The Morgan fingerprint density at radius 3 is 2.50 bits per heavy atom. The van der Waals surface area contributed by atoms with Crippen LogP contribution < -0.4 is 5.32 Å². The van der Waals surface area contributed by atoms with Crippen LogP contribution in [0.5, 0.6) is 0 Å². The van der Waals surface area contributed by atoms with Crippen molar-refractivity contribution >= 4 is 17.4 Å². The predicted octanol–water partition coefficient (Wildman–Crippen LogP) is 5.12. The van der Waals surface area contributed by atoms with E-state index in [0.717, 1.165) is 31.6 Å². The van der Waals surface area contributed by atoms with Gasteiger partial charge in [0, 0.05) is 42.0 Å². The van der Waals surface area contributed by atoms with Crippen LogP contribution in [-0.4, -0.2) is 57.9 Å². The molecule has 0 bridgehead atoms. The monoisotopic (exact) mass is 459 g/mol. The molecule has 0 unspecified atom stereocenters. The molecular weight excluding hydrogens is 429 g/mol. The first-order valence-electron chi connectivity index (χ1n) is 12.1. The van der Waals surface area contributed by atoms with Crippen LogP contribution in [0.1, 0.15) is 42.5 Å². The second kappa shape index (κ2) is 10.3. The maximum atomic E-state index is 13.6. The minimum absolute atomic E-state index is 0.0730. The zero-order chi connectivity index (χ0) is 23.3. The summed E-state index contributed by atoms with van der Waals surface area (Å²) in [6, 6.07) is 16.2. The Morgan fingerprint density at radius 1 is 0.912 bits per heavy atom. The number of anilines is 2. The van der Waals surface area contributed by atoms with Crippen molar-refractivity contribution in [3.05, 3.63) is 72.3 Å². The number of hydrogen-bond donors (Lipinski definition) is 1. The van der Waals surface area contributed by atoms with Crippen molar-refractivity contribution in [2.75, 3.05) is 31.5 Å². The number of amides is 1. The third kappa shape index (κ3) is 5.25. The summed E-state index contributed by atoms with van der Waals surface area (Å²) in [6.07, 6.45) is 7.49. The molecule has 1 amide bonds. The van der Waals surface area contributed by atoms with E-state index in [1.165, 1.54) is 50.8 Å². The second-order valence-corrected chi connectivity index (χ2v) is 9.12. The fourth-order valence-electron chi connectivity index (χ4n) is 5.01. The number of carbonyl (C=O) groups is 1. The molecule has 0 radical (unpaired) electrons. The van der Waals surface area contributed by atoms with Crippen LogP contribution in [0.15, 0.2) is 60.9 Å². The van der Waals surface area contributed by atoms with Crippen LogP contribution in [0.4, 0.5) is 15.9 Å². The van der Waals surface area contributed by atoms with E-state index < -0.39 is 0 Å². The summed E-state index contributed by atoms with van der Waals surface area (Å²) < 4.78 is 13.6. The maximum Gasteiger partial charge on any atom is 0.253 e. The number of rotatable bonds is 5. The molecule has 5 rings (SSSR count).